The molecule has 1 unspecified atom stereocenters. The summed E-state index contributed by atoms with van der Waals surface area (Å²) in [5.41, 5.74) is 2.20. The molecular formula is C16H22ClIN6. The zero-order chi connectivity index (χ0) is 16.1. The van der Waals surface area contributed by atoms with Crippen LogP contribution in [-0.2, 0) is 6.54 Å². The van der Waals surface area contributed by atoms with Crippen molar-refractivity contribution in [2.24, 2.45) is 4.99 Å². The Labute approximate surface area is 164 Å². The van der Waals surface area contributed by atoms with E-state index < -0.39 is 0 Å². The van der Waals surface area contributed by atoms with Crippen molar-refractivity contribution in [2.75, 3.05) is 25.0 Å². The number of rotatable bonds is 4. The maximum Gasteiger partial charge on any atom is 0.191 e. The summed E-state index contributed by atoms with van der Waals surface area (Å²) < 4.78 is 0. The van der Waals surface area contributed by atoms with E-state index >= 15 is 0 Å². The number of H-pyrrole nitrogens is 1. The minimum atomic E-state index is 0. The van der Waals surface area contributed by atoms with Gasteiger partial charge in [-0.2, -0.15) is 5.10 Å². The number of hydrogen-bond acceptors (Lipinski definition) is 3. The molecule has 1 aliphatic rings. The molecule has 1 aliphatic heterocycles. The number of guanidine groups is 1. The molecule has 0 bridgehead atoms. The molecule has 0 spiro atoms. The third kappa shape index (κ3) is 5.01. The third-order valence-corrected chi connectivity index (χ3v) is 4.17. The van der Waals surface area contributed by atoms with Crippen molar-refractivity contribution in [3.63, 3.8) is 0 Å². The fraction of sp³-hybridized carbons (Fsp3) is 0.375. The molecule has 1 saturated heterocycles. The Balaban J connectivity index is 0.00000208. The lowest BCUT2D eigenvalue weighted by atomic mass is 10.2. The molecule has 2 aromatic rings. The van der Waals surface area contributed by atoms with Gasteiger partial charge in [-0.05, 0) is 30.7 Å². The smallest absolute Gasteiger partial charge is 0.191 e. The first-order valence-electron chi connectivity index (χ1n) is 7.70. The normalized spacial score (nSPS) is 17.5. The summed E-state index contributed by atoms with van der Waals surface area (Å²) in [6.45, 7) is 2.62. The predicted octanol–water partition coefficient (Wildman–Crippen LogP) is 2.63. The van der Waals surface area contributed by atoms with Crippen LogP contribution in [0.25, 0.3) is 0 Å². The SMILES string of the molecule is CN=C(NCc1ccn[nH]1)NC1CCN(c2cccc(Cl)c2)C1.I. The number of anilines is 1. The fourth-order valence-corrected chi connectivity index (χ4v) is 2.92. The van der Waals surface area contributed by atoms with Crippen molar-refractivity contribution >= 4 is 47.2 Å². The van der Waals surface area contributed by atoms with Crippen LogP contribution in [0.3, 0.4) is 0 Å². The number of aromatic amines is 1. The molecular weight excluding hydrogens is 439 g/mol. The number of halogens is 2. The molecule has 6 nitrogen and oxygen atoms in total. The molecule has 1 fully saturated rings. The molecule has 130 valence electrons. The second kappa shape index (κ2) is 9.12. The number of benzene rings is 1. The van der Waals surface area contributed by atoms with Crippen molar-refractivity contribution in [2.45, 2.75) is 19.0 Å². The zero-order valence-electron chi connectivity index (χ0n) is 13.5. The summed E-state index contributed by atoms with van der Waals surface area (Å²) in [7, 11) is 1.78. The molecule has 1 aromatic carbocycles. The highest BCUT2D eigenvalue weighted by Crippen LogP contribution is 2.23. The zero-order valence-corrected chi connectivity index (χ0v) is 16.6. The van der Waals surface area contributed by atoms with Gasteiger partial charge in [0.15, 0.2) is 5.96 Å². The van der Waals surface area contributed by atoms with E-state index in [0.717, 1.165) is 36.2 Å². The van der Waals surface area contributed by atoms with E-state index in [2.05, 4.69) is 36.8 Å². The van der Waals surface area contributed by atoms with Gasteiger partial charge in [-0.3, -0.25) is 10.1 Å². The lowest BCUT2D eigenvalue weighted by molar-refractivity contribution is 0.647. The van der Waals surface area contributed by atoms with Gasteiger partial charge in [0.1, 0.15) is 0 Å². The lowest BCUT2D eigenvalue weighted by Crippen LogP contribution is -2.44. The topological polar surface area (TPSA) is 68.3 Å². The van der Waals surface area contributed by atoms with Crippen LogP contribution in [0.2, 0.25) is 5.02 Å². The average Bonchev–Trinajstić information content (AvgIpc) is 3.23. The molecule has 8 heteroatoms. The number of hydrogen-bond donors (Lipinski definition) is 3. The highest BCUT2D eigenvalue weighted by Gasteiger charge is 2.23. The van der Waals surface area contributed by atoms with Crippen LogP contribution in [0.5, 0.6) is 0 Å². The van der Waals surface area contributed by atoms with Crippen LogP contribution in [-0.4, -0.2) is 42.3 Å². The van der Waals surface area contributed by atoms with Gasteiger partial charge < -0.3 is 15.5 Å². The summed E-state index contributed by atoms with van der Waals surface area (Å²) in [6, 6.07) is 10.3. The Bertz CT molecular complexity index is 660. The average molecular weight is 461 g/mol. The Hall–Kier alpha value is -1.48. The second-order valence-corrected chi connectivity index (χ2v) is 6.00. The van der Waals surface area contributed by atoms with Crippen LogP contribution < -0.4 is 15.5 Å². The summed E-state index contributed by atoms with van der Waals surface area (Å²) in [5, 5.41) is 14.4. The van der Waals surface area contributed by atoms with Gasteiger partial charge in [-0.15, -0.1) is 24.0 Å². The van der Waals surface area contributed by atoms with Gasteiger partial charge in [0.05, 0.1) is 12.2 Å². The summed E-state index contributed by atoms with van der Waals surface area (Å²) in [5.74, 6) is 0.803. The lowest BCUT2D eigenvalue weighted by Gasteiger charge is -2.20. The summed E-state index contributed by atoms with van der Waals surface area (Å²) in [6.07, 6.45) is 2.81. The second-order valence-electron chi connectivity index (χ2n) is 5.56. The van der Waals surface area contributed by atoms with Crippen molar-refractivity contribution < 1.29 is 0 Å². The fourth-order valence-electron chi connectivity index (χ4n) is 2.74. The van der Waals surface area contributed by atoms with E-state index in [1.807, 2.05) is 24.3 Å². The van der Waals surface area contributed by atoms with Gasteiger partial charge in [0, 0.05) is 43.1 Å². The molecule has 1 atom stereocenters. The summed E-state index contributed by atoms with van der Waals surface area (Å²) >= 11 is 6.08. The predicted molar refractivity (Wildman–Crippen MR) is 109 cm³/mol. The minimum Gasteiger partial charge on any atom is -0.369 e. The maximum absolute atomic E-state index is 6.08. The van der Waals surface area contributed by atoms with E-state index in [4.69, 9.17) is 11.6 Å². The Morgan fingerprint density at radius 3 is 3.04 bits per heavy atom. The molecule has 3 N–H and O–H groups in total. The Kier molecular flexibility index (Phi) is 7.16. The van der Waals surface area contributed by atoms with Gasteiger partial charge in [-0.25, -0.2) is 0 Å². The standard InChI is InChI=1S/C16H21ClN6.HI/c1-18-16(19-10-13-5-7-20-22-13)21-14-6-8-23(11-14)15-4-2-3-12(17)9-15;/h2-5,7,9,14H,6,8,10-11H2,1H3,(H,20,22)(H2,18,19,21);1H. The van der Waals surface area contributed by atoms with Crippen molar-refractivity contribution in [3.05, 3.63) is 47.2 Å². The van der Waals surface area contributed by atoms with E-state index in [0.29, 0.717) is 12.6 Å². The number of nitrogens with zero attached hydrogens (tertiary/aromatic N) is 3. The van der Waals surface area contributed by atoms with Crippen molar-refractivity contribution in [3.8, 4) is 0 Å². The first kappa shape index (κ1) is 18.9. The van der Waals surface area contributed by atoms with Crippen LogP contribution in [0.1, 0.15) is 12.1 Å². The third-order valence-electron chi connectivity index (χ3n) is 3.93. The van der Waals surface area contributed by atoms with E-state index in [-0.39, 0.29) is 24.0 Å². The Morgan fingerprint density at radius 1 is 1.46 bits per heavy atom. The number of aliphatic imine (C=N–C) groups is 1. The van der Waals surface area contributed by atoms with E-state index in [1.54, 1.807) is 13.2 Å². The highest BCUT2D eigenvalue weighted by molar-refractivity contribution is 14.0. The highest BCUT2D eigenvalue weighted by atomic mass is 127. The molecule has 3 rings (SSSR count). The molecule has 0 saturated carbocycles. The van der Waals surface area contributed by atoms with Gasteiger partial charge in [-0.1, -0.05) is 17.7 Å². The van der Waals surface area contributed by atoms with Crippen LogP contribution >= 0.6 is 35.6 Å². The summed E-state index contributed by atoms with van der Waals surface area (Å²) in [4.78, 5) is 6.62. The van der Waals surface area contributed by atoms with Crippen molar-refractivity contribution in [1.82, 2.24) is 20.8 Å². The molecule has 1 aromatic heterocycles. The molecule has 0 aliphatic carbocycles. The largest absolute Gasteiger partial charge is 0.369 e. The number of aromatic nitrogens is 2. The van der Waals surface area contributed by atoms with Gasteiger partial charge in [0.2, 0.25) is 0 Å². The van der Waals surface area contributed by atoms with E-state index in [9.17, 15) is 0 Å². The maximum atomic E-state index is 6.08. The first-order chi connectivity index (χ1) is 11.2. The molecule has 24 heavy (non-hydrogen) atoms. The van der Waals surface area contributed by atoms with Crippen LogP contribution in [0.15, 0.2) is 41.5 Å². The first-order valence-corrected chi connectivity index (χ1v) is 8.08. The van der Waals surface area contributed by atoms with Crippen LogP contribution in [0, 0.1) is 0 Å². The molecule has 0 radical (unpaired) electrons. The van der Waals surface area contributed by atoms with Crippen molar-refractivity contribution in [1.29, 1.82) is 0 Å². The van der Waals surface area contributed by atoms with E-state index in [1.165, 1.54) is 5.69 Å². The monoisotopic (exact) mass is 460 g/mol. The number of nitrogens with one attached hydrogen (secondary N) is 3. The van der Waals surface area contributed by atoms with Gasteiger partial charge >= 0.3 is 0 Å². The molecule has 0 amide bonds. The minimum absolute atomic E-state index is 0. The Morgan fingerprint density at radius 2 is 2.33 bits per heavy atom. The van der Waals surface area contributed by atoms with Crippen LogP contribution in [0.4, 0.5) is 5.69 Å². The molecule has 2 heterocycles. The van der Waals surface area contributed by atoms with Gasteiger partial charge in [0.25, 0.3) is 0 Å². The quantitative estimate of drug-likeness (QED) is 0.373.